The molecule has 0 atom stereocenters. The molecule has 12 rings (SSSR count). The molecule has 0 aliphatic carbocycles. The Bertz CT molecular complexity index is 3410. The molecule has 0 amide bonds. The lowest BCUT2D eigenvalue weighted by Crippen LogP contribution is -1.93. The molecule has 0 heteroatoms. The first-order chi connectivity index (χ1) is 27.8. The number of benzene rings is 12. The van der Waals surface area contributed by atoms with Gasteiger partial charge in [0.15, 0.2) is 0 Å². The van der Waals surface area contributed by atoms with Crippen molar-refractivity contribution >= 4 is 64.6 Å². The maximum absolute atomic E-state index is 2.45. The Labute approximate surface area is 325 Å². The van der Waals surface area contributed by atoms with Gasteiger partial charge in [0.1, 0.15) is 0 Å². The van der Waals surface area contributed by atoms with Gasteiger partial charge in [-0.2, -0.15) is 0 Å². The monoisotopic (exact) mass is 706 g/mol. The minimum atomic E-state index is 1.20. The smallest absolute Gasteiger partial charge is 0.00206 e. The summed E-state index contributed by atoms with van der Waals surface area (Å²) < 4.78 is 0. The van der Waals surface area contributed by atoms with Gasteiger partial charge in [-0.1, -0.05) is 194 Å². The van der Waals surface area contributed by atoms with Gasteiger partial charge in [0.25, 0.3) is 0 Å². The van der Waals surface area contributed by atoms with Gasteiger partial charge in [-0.05, 0) is 132 Å². The molecule has 0 spiro atoms. The summed E-state index contributed by atoms with van der Waals surface area (Å²) in [7, 11) is 0. The summed E-state index contributed by atoms with van der Waals surface area (Å²) in [5, 5.41) is 15.6. The highest BCUT2D eigenvalue weighted by atomic mass is 14.2. The maximum Gasteiger partial charge on any atom is -0.00206 e. The number of hydrogen-bond acceptors (Lipinski definition) is 0. The summed E-state index contributed by atoms with van der Waals surface area (Å²) in [5.41, 5.74) is 12.3. The van der Waals surface area contributed by atoms with Crippen molar-refractivity contribution in [2.24, 2.45) is 0 Å². The van der Waals surface area contributed by atoms with Crippen LogP contribution in [-0.2, 0) is 0 Å². The van der Waals surface area contributed by atoms with Crippen molar-refractivity contribution < 1.29 is 0 Å². The van der Waals surface area contributed by atoms with E-state index in [2.05, 4.69) is 206 Å². The average molecular weight is 707 g/mol. The SMILES string of the molecule is c1ccc(-c2ccc(-c3ccc(-c4ccccc4)c(-c4ccc5ccc6cccc7ccc4c5c67)c3)c(-c3ccc4ccc5cccc6ccc3c4c56)c2)cc1. The molecule has 0 nitrogen and oxygen atoms in total. The van der Waals surface area contributed by atoms with E-state index >= 15 is 0 Å². The van der Waals surface area contributed by atoms with Gasteiger partial charge >= 0.3 is 0 Å². The van der Waals surface area contributed by atoms with E-state index < -0.39 is 0 Å². The molecule has 0 aromatic heterocycles. The van der Waals surface area contributed by atoms with Crippen molar-refractivity contribution in [1.29, 1.82) is 0 Å². The first kappa shape index (κ1) is 31.1. The molecule has 258 valence electrons. The highest BCUT2D eigenvalue weighted by Gasteiger charge is 2.20. The minimum Gasteiger partial charge on any atom is -0.0622 e. The van der Waals surface area contributed by atoms with Crippen LogP contribution in [0.1, 0.15) is 0 Å². The molecule has 0 fully saturated rings. The maximum atomic E-state index is 2.45. The molecule has 0 saturated heterocycles. The molecule has 0 heterocycles. The lowest BCUT2D eigenvalue weighted by Gasteiger charge is -2.20. The van der Waals surface area contributed by atoms with E-state index in [4.69, 9.17) is 0 Å². The van der Waals surface area contributed by atoms with Crippen LogP contribution < -0.4 is 0 Å². The van der Waals surface area contributed by atoms with Gasteiger partial charge in [0.05, 0.1) is 0 Å². The number of rotatable bonds is 5. The standard InChI is InChI=1S/C56H34/c1-3-9-35(10-4-1)43-25-27-46(51(33-43)47-29-21-41-19-17-37-13-7-15-39-23-31-49(47)55(41)53(37)39)44-26-28-45(36-11-5-2-6-12-36)52(34-44)48-30-22-42-20-18-38-14-8-16-40-24-32-50(48)56(42)54(38)40/h1-34H. The second-order valence-corrected chi connectivity index (χ2v) is 15.2. The van der Waals surface area contributed by atoms with Crippen molar-refractivity contribution in [2.75, 3.05) is 0 Å². The zero-order chi connectivity index (χ0) is 36.7. The van der Waals surface area contributed by atoms with Crippen LogP contribution in [-0.4, -0.2) is 0 Å². The minimum absolute atomic E-state index is 1.20. The quantitative estimate of drug-likeness (QED) is 0.156. The van der Waals surface area contributed by atoms with Crippen LogP contribution in [0.4, 0.5) is 0 Å². The second-order valence-electron chi connectivity index (χ2n) is 15.2. The zero-order valence-corrected chi connectivity index (χ0v) is 30.6. The van der Waals surface area contributed by atoms with Gasteiger partial charge in [-0.3, -0.25) is 0 Å². The van der Waals surface area contributed by atoms with E-state index in [-0.39, 0.29) is 0 Å². The Morgan fingerprint density at radius 3 is 1.07 bits per heavy atom. The normalized spacial score (nSPS) is 11.9. The number of hydrogen-bond donors (Lipinski definition) is 0. The summed E-state index contributed by atoms with van der Waals surface area (Å²) in [5.74, 6) is 0. The fourth-order valence-corrected chi connectivity index (χ4v) is 9.57. The largest absolute Gasteiger partial charge is 0.0622 e. The molecular weight excluding hydrogens is 673 g/mol. The van der Waals surface area contributed by atoms with Crippen molar-refractivity contribution in [3.05, 3.63) is 206 Å². The Kier molecular flexibility index (Phi) is 6.73. The highest BCUT2D eigenvalue weighted by molar-refractivity contribution is 6.27. The average Bonchev–Trinajstić information content (AvgIpc) is 3.27. The van der Waals surface area contributed by atoms with Gasteiger partial charge in [0.2, 0.25) is 0 Å². The van der Waals surface area contributed by atoms with Gasteiger partial charge in [-0.15, -0.1) is 0 Å². The third-order valence-electron chi connectivity index (χ3n) is 12.2. The predicted octanol–water partition coefficient (Wildman–Crippen LogP) is 15.8. The highest BCUT2D eigenvalue weighted by Crippen LogP contribution is 2.47. The van der Waals surface area contributed by atoms with Gasteiger partial charge in [-0.25, -0.2) is 0 Å². The summed E-state index contributed by atoms with van der Waals surface area (Å²) >= 11 is 0. The fourth-order valence-electron chi connectivity index (χ4n) is 9.57. The van der Waals surface area contributed by atoms with Crippen molar-refractivity contribution in [2.45, 2.75) is 0 Å². The zero-order valence-electron chi connectivity index (χ0n) is 30.6. The Morgan fingerprint density at radius 2 is 0.554 bits per heavy atom. The Morgan fingerprint density at radius 1 is 0.179 bits per heavy atom. The van der Waals surface area contributed by atoms with Crippen LogP contribution in [0.3, 0.4) is 0 Å². The first-order valence-electron chi connectivity index (χ1n) is 19.5. The third-order valence-corrected chi connectivity index (χ3v) is 12.2. The molecule has 0 unspecified atom stereocenters. The van der Waals surface area contributed by atoms with Crippen LogP contribution in [0.25, 0.3) is 120 Å². The van der Waals surface area contributed by atoms with Crippen molar-refractivity contribution in [1.82, 2.24) is 0 Å². The van der Waals surface area contributed by atoms with Crippen LogP contribution in [0, 0.1) is 0 Å². The summed E-state index contributed by atoms with van der Waals surface area (Å²) in [6.45, 7) is 0. The van der Waals surface area contributed by atoms with E-state index in [0.29, 0.717) is 0 Å². The third kappa shape index (κ3) is 4.66. The molecular formula is C56H34. The molecule has 0 radical (unpaired) electrons. The molecule has 0 aliphatic rings. The van der Waals surface area contributed by atoms with Crippen molar-refractivity contribution in [3.8, 4) is 55.6 Å². The lowest BCUT2D eigenvalue weighted by molar-refractivity contribution is 1.56. The van der Waals surface area contributed by atoms with E-state index in [0.717, 1.165) is 0 Å². The summed E-state index contributed by atoms with van der Waals surface area (Å²) in [6, 6.07) is 76.8. The van der Waals surface area contributed by atoms with E-state index in [1.807, 2.05) is 0 Å². The van der Waals surface area contributed by atoms with Crippen LogP contribution in [0.5, 0.6) is 0 Å². The summed E-state index contributed by atoms with van der Waals surface area (Å²) in [4.78, 5) is 0. The van der Waals surface area contributed by atoms with Crippen LogP contribution in [0.15, 0.2) is 206 Å². The molecule has 12 aromatic rings. The topological polar surface area (TPSA) is 0 Å². The first-order valence-corrected chi connectivity index (χ1v) is 19.5. The van der Waals surface area contributed by atoms with Gasteiger partial charge in [0, 0.05) is 0 Å². The lowest BCUT2D eigenvalue weighted by atomic mass is 9.83. The molecule has 0 saturated carbocycles. The predicted molar refractivity (Wildman–Crippen MR) is 241 cm³/mol. The molecule has 56 heavy (non-hydrogen) atoms. The second kappa shape index (κ2) is 12.1. The van der Waals surface area contributed by atoms with Crippen LogP contribution in [0.2, 0.25) is 0 Å². The Hall–Kier alpha value is -7.28. The van der Waals surface area contributed by atoms with Crippen LogP contribution >= 0.6 is 0 Å². The van der Waals surface area contributed by atoms with Gasteiger partial charge < -0.3 is 0 Å². The fraction of sp³-hybridized carbons (Fsp3) is 0. The van der Waals surface area contributed by atoms with E-state index in [9.17, 15) is 0 Å². The molecule has 0 bridgehead atoms. The van der Waals surface area contributed by atoms with Crippen molar-refractivity contribution in [3.63, 3.8) is 0 Å². The molecule has 0 N–H and O–H groups in total. The Balaban J connectivity index is 1.15. The summed E-state index contributed by atoms with van der Waals surface area (Å²) in [6.07, 6.45) is 0. The molecule has 0 aliphatic heterocycles. The molecule has 12 aromatic carbocycles. The van der Waals surface area contributed by atoms with E-state index in [1.165, 1.54) is 120 Å². The van der Waals surface area contributed by atoms with E-state index in [1.54, 1.807) is 0 Å².